The molecule has 7 atom stereocenters. The molecule has 4 fully saturated rings. The summed E-state index contributed by atoms with van der Waals surface area (Å²) in [5, 5.41) is 14.6. The first-order valence-corrected chi connectivity index (χ1v) is 22.0. The number of amides is 4. The number of sulfonamides is 1. The standard InChI is InChI=1S/C41H51F4N5O10S/c1-24-8-4-5-9-26-20-40(26,36(53)48-61(56,57)38(23-42)12-13-38)47-33(51)30-19-27(60-34-29-11-7-6-10-28(29)31(58-3)21-46-34)22-49(30)35(52)32(25(2)18-24)50(37(54)55)39(41(43,44)45)14-16-59-17-15-39/h5-7,9-11,21,24-27,30,32H,4,8,12-20,22-23H2,1-3H3,(H,47,51)(H,48,53)(H,54,55)/t24-,25+,26+,27+,30-,32-,40+/m0/s1. The van der Waals surface area contributed by atoms with Crippen molar-refractivity contribution < 1.29 is 64.5 Å². The van der Waals surface area contributed by atoms with Gasteiger partial charge in [0.1, 0.15) is 46.4 Å². The van der Waals surface area contributed by atoms with E-state index in [4.69, 9.17) is 14.2 Å². The number of nitrogens with one attached hydrogen (secondary N) is 2. The number of carbonyl (C=O) groups is 4. The van der Waals surface area contributed by atoms with Crippen molar-refractivity contribution in [3.8, 4) is 11.6 Å². The van der Waals surface area contributed by atoms with E-state index in [1.807, 2.05) is 11.6 Å². The molecule has 0 unspecified atom stereocenters. The van der Waals surface area contributed by atoms with Crippen LogP contribution in [0, 0.1) is 17.8 Å². The van der Waals surface area contributed by atoms with E-state index >= 15 is 18.0 Å². The van der Waals surface area contributed by atoms with Gasteiger partial charge in [0.15, 0.2) is 0 Å². The molecule has 7 rings (SSSR count). The smallest absolute Gasteiger partial charge is 0.412 e. The predicted molar refractivity (Wildman–Crippen MR) is 211 cm³/mol. The van der Waals surface area contributed by atoms with Gasteiger partial charge in [-0.25, -0.2) is 22.6 Å². The van der Waals surface area contributed by atoms with Gasteiger partial charge in [0.05, 0.1) is 19.9 Å². The first-order chi connectivity index (χ1) is 28.8. The van der Waals surface area contributed by atoms with Gasteiger partial charge in [-0.3, -0.25) is 24.0 Å². The molecule has 2 aromatic rings. The molecule has 0 radical (unpaired) electrons. The van der Waals surface area contributed by atoms with Crippen LogP contribution in [0.4, 0.5) is 22.4 Å². The van der Waals surface area contributed by atoms with Gasteiger partial charge in [0.2, 0.25) is 27.7 Å². The summed E-state index contributed by atoms with van der Waals surface area (Å²) in [5.74, 6) is -4.52. The molecule has 0 bridgehead atoms. The summed E-state index contributed by atoms with van der Waals surface area (Å²) in [4.78, 5) is 62.9. The van der Waals surface area contributed by atoms with Crippen molar-refractivity contribution >= 4 is 44.6 Å². The van der Waals surface area contributed by atoms with E-state index in [1.54, 1.807) is 36.4 Å². The van der Waals surface area contributed by atoms with E-state index < -0.39 is 125 Å². The van der Waals surface area contributed by atoms with Gasteiger partial charge in [-0.15, -0.1) is 0 Å². The average Bonchev–Trinajstić information content (AvgIpc) is 4.12. The Morgan fingerprint density at radius 3 is 2.41 bits per heavy atom. The number of aromatic nitrogens is 1. The van der Waals surface area contributed by atoms with Crippen LogP contribution in [0.2, 0.25) is 0 Å². The zero-order valence-corrected chi connectivity index (χ0v) is 34.9. The summed E-state index contributed by atoms with van der Waals surface area (Å²) < 4.78 is 104. The number of carbonyl (C=O) groups excluding carboxylic acids is 3. The highest BCUT2D eigenvalue weighted by Gasteiger charge is 2.66. The van der Waals surface area contributed by atoms with Gasteiger partial charge in [-0.1, -0.05) is 44.2 Å². The van der Waals surface area contributed by atoms with Crippen molar-refractivity contribution in [1.29, 1.82) is 0 Å². The van der Waals surface area contributed by atoms with Crippen molar-refractivity contribution in [3.63, 3.8) is 0 Å². The molecule has 4 amide bonds. The number of allylic oxidation sites excluding steroid dienone is 1. The van der Waals surface area contributed by atoms with E-state index in [0.717, 1.165) is 4.90 Å². The zero-order chi connectivity index (χ0) is 44.1. The van der Waals surface area contributed by atoms with Crippen molar-refractivity contribution in [2.24, 2.45) is 17.8 Å². The number of rotatable bonds is 9. The maximum absolute atomic E-state index is 15.4. The van der Waals surface area contributed by atoms with E-state index in [9.17, 15) is 32.3 Å². The molecule has 61 heavy (non-hydrogen) atoms. The van der Waals surface area contributed by atoms with Crippen LogP contribution in [-0.2, 0) is 29.1 Å². The Morgan fingerprint density at radius 1 is 1.10 bits per heavy atom. The lowest BCUT2D eigenvalue weighted by Gasteiger charge is -2.50. The number of benzene rings is 1. The highest BCUT2D eigenvalue weighted by molar-refractivity contribution is 7.91. The summed E-state index contributed by atoms with van der Waals surface area (Å²) in [5.41, 5.74) is -4.85. The Morgan fingerprint density at radius 2 is 1.79 bits per heavy atom. The molecule has 15 nitrogen and oxygen atoms in total. The Bertz CT molecular complexity index is 2180. The van der Waals surface area contributed by atoms with E-state index in [-0.39, 0.29) is 48.8 Å². The summed E-state index contributed by atoms with van der Waals surface area (Å²) in [6.45, 7) is 0.914. The second kappa shape index (κ2) is 16.5. The summed E-state index contributed by atoms with van der Waals surface area (Å²) in [6, 6.07) is 3.50. The van der Waals surface area contributed by atoms with Gasteiger partial charge < -0.3 is 29.5 Å². The maximum atomic E-state index is 15.4. The SMILES string of the molecule is COc1cnc(O[C@@H]2C[C@H]3C(=O)N[C@]4(C(=O)NS(=O)(=O)C5(CF)CC5)C[C@H]4C=CCC[C@H](C)C[C@@H](C)[C@H](N(C(=O)O)C4(C(F)(F)F)CCOCC4)C(=O)N3C2)c2ccccc12. The van der Waals surface area contributed by atoms with Gasteiger partial charge in [-0.05, 0) is 56.4 Å². The van der Waals surface area contributed by atoms with Crippen LogP contribution in [0.15, 0.2) is 42.6 Å². The number of hydrogen-bond donors (Lipinski definition) is 3. The summed E-state index contributed by atoms with van der Waals surface area (Å²) >= 11 is 0. The first kappa shape index (κ1) is 44.3. The van der Waals surface area contributed by atoms with Crippen LogP contribution in [0.5, 0.6) is 11.6 Å². The number of halogens is 4. The van der Waals surface area contributed by atoms with Crippen molar-refractivity contribution in [3.05, 3.63) is 42.6 Å². The number of hydrogen-bond acceptors (Lipinski definition) is 10. The van der Waals surface area contributed by atoms with Gasteiger partial charge >= 0.3 is 12.3 Å². The minimum absolute atomic E-state index is 0.00145. The Balaban J connectivity index is 1.31. The quantitative estimate of drug-likeness (QED) is 0.230. The lowest BCUT2D eigenvalue weighted by atomic mass is 9.81. The topological polar surface area (TPSA) is 194 Å². The number of alkyl halides is 4. The van der Waals surface area contributed by atoms with Crippen LogP contribution in [0.25, 0.3) is 10.8 Å². The zero-order valence-electron chi connectivity index (χ0n) is 34.1. The van der Waals surface area contributed by atoms with Crippen molar-refractivity contribution in [2.45, 2.75) is 112 Å². The molecule has 0 spiro atoms. The van der Waals surface area contributed by atoms with Crippen molar-refractivity contribution in [1.82, 2.24) is 24.8 Å². The molecule has 3 aliphatic heterocycles. The molecular formula is C41H51F4N5O10S. The lowest BCUT2D eigenvalue weighted by molar-refractivity contribution is -0.253. The van der Waals surface area contributed by atoms with Crippen LogP contribution >= 0.6 is 0 Å². The molecule has 4 heterocycles. The molecule has 3 N–H and O–H groups in total. The third-order valence-corrected chi connectivity index (χ3v) is 15.3. The van der Waals surface area contributed by atoms with Crippen LogP contribution in [-0.4, -0.2) is 126 Å². The normalized spacial score (nSPS) is 30.2. The number of fused-ring (bicyclic) bond motifs is 3. The number of carboxylic acid groups (broad SMARTS) is 1. The van der Waals surface area contributed by atoms with E-state index in [2.05, 4.69) is 10.3 Å². The number of nitrogens with zero attached hydrogens (tertiary/aromatic N) is 3. The molecule has 334 valence electrons. The molecule has 2 aliphatic carbocycles. The molecule has 2 saturated heterocycles. The Labute approximate surface area is 350 Å². The number of methoxy groups -OCH3 is 1. The molecule has 1 aromatic carbocycles. The van der Waals surface area contributed by atoms with Gasteiger partial charge in [-0.2, -0.15) is 13.2 Å². The number of pyridine rings is 1. The highest BCUT2D eigenvalue weighted by atomic mass is 32.2. The van der Waals surface area contributed by atoms with Crippen molar-refractivity contribution in [2.75, 3.05) is 33.5 Å². The molecule has 5 aliphatic rings. The molecule has 1 aromatic heterocycles. The van der Waals surface area contributed by atoms with Crippen LogP contribution < -0.4 is 19.5 Å². The van der Waals surface area contributed by atoms with Crippen LogP contribution in [0.1, 0.15) is 71.6 Å². The van der Waals surface area contributed by atoms with Crippen LogP contribution in [0.3, 0.4) is 0 Å². The maximum Gasteiger partial charge on any atom is 0.412 e. The average molecular weight is 882 g/mol. The molecular weight excluding hydrogens is 831 g/mol. The number of ether oxygens (including phenoxy) is 3. The molecule has 2 saturated carbocycles. The predicted octanol–water partition coefficient (Wildman–Crippen LogP) is 4.89. The molecule has 20 heteroatoms. The largest absolute Gasteiger partial charge is 0.494 e. The fraction of sp³-hybridized carbons (Fsp3) is 0.634. The van der Waals surface area contributed by atoms with Gasteiger partial charge in [0, 0.05) is 49.2 Å². The third-order valence-electron chi connectivity index (χ3n) is 13.2. The second-order valence-corrected chi connectivity index (χ2v) is 19.3. The van der Waals surface area contributed by atoms with Gasteiger partial charge in [0.25, 0.3) is 5.91 Å². The van der Waals surface area contributed by atoms with E-state index in [0.29, 0.717) is 29.4 Å². The Hall–Kier alpha value is -4.72. The second-order valence-electron chi connectivity index (χ2n) is 17.2. The summed E-state index contributed by atoms with van der Waals surface area (Å²) in [7, 11) is -3.05. The lowest BCUT2D eigenvalue weighted by Crippen LogP contribution is -2.70. The highest BCUT2D eigenvalue weighted by Crippen LogP contribution is 2.49. The first-order valence-electron chi connectivity index (χ1n) is 20.5. The third kappa shape index (κ3) is 8.09. The fourth-order valence-electron chi connectivity index (χ4n) is 9.39. The van der Waals surface area contributed by atoms with E-state index in [1.165, 1.54) is 20.2 Å². The monoisotopic (exact) mass is 881 g/mol. The minimum Gasteiger partial charge on any atom is -0.494 e. The summed E-state index contributed by atoms with van der Waals surface area (Å²) in [6.07, 6.45) is -4.11. The minimum atomic E-state index is -5.13. The fourth-order valence-corrected chi connectivity index (χ4v) is 10.8. The Kier molecular flexibility index (Phi) is 12.0.